The average molecular weight is 408 g/mol. The zero-order valence-electron chi connectivity index (χ0n) is 17.0. The second-order valence-corrected chi connectivity index (χ2v) is 12.3. The van der Waals surface area contributed by atoms with Gasteiger partial charge in [-0.15, -0.1) is 0 Å². The van der Waals surface area contributed by atoms with Crippen molar-refractivity contribution in [2.75, 3.05) is 30.9 Å². The van der Waals surface area contributed by atoms with Gasteiger partial charge in [0, 0.05) is 47.2 Å². The Morgan fingerprint density at radius 1 is 1.27 bits per heavy atom. The number of sulfone groups is 1. The standard InChI is InChI=1S/C18H37N3O3S2/c1-6-19-17(20-14-18(3,4)11-12-26(5,23)24)21-15-9-8-10-16(13-15)25(22)7-2/h15-16H,6-14H2,1-5H3,(H2,19,20,21). The number of hydrogen-bond donors (Lipinski definition) is 2. The second kappa shape index (κ2) is 10.6. The molecule has 6 nitrogen and oxygen atoms in total. The minimum atomic E-state index is -2.95. The van der Waals surface area contributed by atoms with E-state index in [4.69, 9.17) is 4.99 Å². The molecule has 1 saturated carbocycles. The van der Waals surface area contributed by atoms with Crippen molar-refractivity contribution in [3.63, 3.8) is 0 Å². The van der Waals surface area contributed by atoms with Gasteiger partial charge in [0.05, 0.1) is 5.75 Å². The first-order valence-corrected chi connectivity index (χ1v) is 13.1. The fraction of sp³-hybridized carbons (Fsp3) is 0.944. The van der Waals surface area contributed by atoms with Crippen LogP contribution < -0.4 is 10.6 Å². The van der Waals surface area contributed by atoms with E-state index in [0.29, 0.717) is 19.0 Å². The van der Waals surface area contributed by atoms with Gasteiger partial charge in [0.1, 0.15) is 9.84 Å². The fourth-order valence-electron chi connectivity index (χ4n) is 3.10. The van der Waals surface area contributed by atoms with Crippen LogP contribution in [0.3, 0.4) is 0 Å². The van der Waals surface area contributed by atoms with Gasteiger partial charge in [-0.05, 0) is 38.0 Å². The molecule has 1 aliphatic rings. The Kier molecular flexibility index (Phi) is 9.58. The highest BCUT2D eigenvalue weighted by molar-refractivity contribution is 7.90. The topological polar surface area (TPSA) is 87.6 Å². The molecule has 0 aliphatic heterocycles. The van der Waals surface area contributed by atoms with Crippen LogP contribution in [0.1, 0.15) is 59.8 Å². The number of hydrogen-bond acceptors (Lipinski definition) is 4. The van der Waals surface area contributed by atoms with E-state index in [2.05, 4.69) is 10.6 Å². The fourth-order valence-corrected chi connectivity index (χ4v) is 5.37. The predicted molar refractivity (Wildman–Crippen MR) is 112 cm³/mol. The van der Waals surface area contributed by atoms with Gasteiger partial charge in [0.25, 0.3) is 0 Å². The maximum absolute atomic E-state index is 12.1. The third kappa shape index (κ3) is 9.35. The van der Waals surface area contributed by atoms with Crippen molar-refractivity contribution in [3.05, 3.63) is 0 Å². The first-order chi connectivity index (χ1) is 12.1. The van der Waals surface area contributed by atoms with E-state index in [0.717, 1.165) is 43.9 Å². The Balaban J connectivity index is 2.66. The SMILES string of the molecule is CCNC(=NCC(C)(C)CCS(C)(=O)=O)NC1CCCC(S(=O)CC)C1. The van der Waals surface area contributed by atoms with Gasteiger partial charge < -0.3 is 10.6 Å². The zero-order valence-corrected chi connectivity index (χ0v) is 18.6. The van der Waals surface area contributed by atoms with E-state index >= 15 is 0 Å². The molecule has 8 heteroatoms. The van der Waals surface area contributed by atoms with Crippen molar-refractivity contribution >= 4 is 26.6 Å². The lowest BCUT2D eigenvalue weighted by Crippen LogP contribution is -2.47. The van der Waals surface area contributed by atoms with E-state index < -0.39 is 20.6 Å². The van der Waals surface area contributed by atoms with Gasteiger partial charge in [-0.3, -0.25) is 9.20 Å². The molecule has 2 N–H and O–H groups in total. The maximum atomic E-state index is 12.1. The molecule has 0 aromatic rings. The third-order valence-electron chi connectivity index (χ3n) is 4.78. The highest BCUT2D eigenvalue weighted by Crippen LogP contribution is 2.24. The largest absolute Gasteiger partial charge is 0.357 e. The van der Waals surface area contributed by atoms with Gasteiger partial charge in [-0.25, -0.2) is 8.42 Å². The molecule has 0 heterocycles. The van der Waals surface area contributed by atoms with Crippen LogP contribution in [0, 0.1) is 5.41 Å². The summed E-state index contributed by atoms with van der Waals surface area (Å²) in [4.78, 5) is 4.69. The van der Waals surface area contributed by atoms with Crippen LogP contribution in [-0.4, -0.2) is 60.7 Å². The Labute approximate surface area is 162 Å². The lowest BCUT2D eigenvalue weighted by atomic mass is 9.90. The first-order valence-electron chi connectivity index (χ1n) is 9.66. The number of guanidine groups is 1. The van der Waals surface area contributed by atoms with Crippen molar-refractivity contribution in [1.82, 2.24) is 10.6 Å². The molecule has 1 aliphatic carbocycles. The summed E-state index contributed by atoms with van der Waals surface area (Å²) in [6.07, 6.45) is 5.99. The summed E-state index contributed by atoms with van der Waals surface area (Å²) >= 11 is 0. The highest BCUT2D eigenvalue weighted by atomic mass is 32.2. The summed E-state index contributed by atoms with van der Waals surface area (Å²) in [6.45, 7) is 9.44. The zero-order chi connectivity index (χ0) is 19.8. The molecule has 0 aromatic carbocycles. The van der Waals surface area contributed by atoms with Crippen molar-refractivity contribution in [2.45, 2.75) is 71.1 Å². The van der Waals surface area contributed by atoms with E-state index in [1.165, 1.54) is 6.26 Å². The highest BCUT2D eigenvalue weighted by Gasteiger charge is 2.26. The number of nitrogens with one attached hydrogen (secondary N) is 2. The summed E-state index contributed by atoms with van der Waals surface area (Å²) < 4.78 is 34.9. The minimum Gasteiger partial charge on any atom is -0.357 e. The van der Waals surface area contributed by atoms with Gasteiger partial charge >= 0.3 is 0 Å². The Morgan fingerprint density at radius 3 is 2.54 bits per heavy atom. The molecular weight excluding hydrogens is 370 g/mol. The van der Waals surface area contributed by atoms with Gasteiger partial charge in [-0.2, -0.15) is 0 Å². The number of aliphatic imine (C=N–C) groups is 1. The molecule has 0 radical (unpaired) electrons. The van der Waals surface area contributed by atoms with E-state index in [1.54, 1.807) is 0 Å². The first kappa shape index (κ1) is 23.4. The molecule has 0 aromatic heterocycles. The lowest BCUT2D eigenvalue weighted by Gasteiger charge is -2.30. The Bertz CT molecular complexity index is 588. The van der Waals surface area contributed by atoms with Crippen LogP contribution in [-0.2, 0) is 20.6 Å². The van der Waals surface area contributed by atoms with E-state index in [9.17, 15) is 12.6 Å². The third-order valence-corrected chi connectivity index (χ3v) is 7.47. The molecule has 0 saturated heterocycles. The van der Waals surface area contributed by atoms with Crippen LogP contribution in [0.25, 0.3) is 0 Å². The van der Waals surface area contributed by atoms with Crippen LogP contribution in [0.4, 0.5) is 0 Å². The molecule has 3 unspecified atom stereocenters. The Morgan fingerprint density at radius 2 is 1.96 bits per heavy atom. The van der Waals surface area contributed by atoms with E-state index in [-0.39, 0.29) is 16.4 Å². The average Bonchev–Trinajstić information content (AvgIpc) is 2.57. The smallest absolute Gasteiger partial charge is 0.191 e. The molecule has 1 rings (SSSR count). The molecule has 1 fully saturated rings. The quantitative estimate of drug-likeness (QED) is 0.451. The summed E-state index contributed by atoms with van der Waals surface area (Å²) in [5, 5.41) is 7.05. The molecule has 26 heavy (non-hydrogen) atoms. The maximum Gasteiger partial charge on any atom is 0.191 e. The molecular formula is C18H37N3O3S2. The van der Waals surface area contributed by atoms with Crippen molar-refractivity contribution in [2.24, 2.45) is 10.4 Å². The molecule has 0 amide bonds. The Hall–Kier alpha value is -0.630. The lowest BCUT2D eigenvalue weighted by molar-refractivity contribution is 0.363. The number of nitrogens with zero attached hydrogens (tertiary/aromatic N) is 1. The second-order valence-electron chi connectivity index (χ2n) is 8.04. The molecule has 0 bridgehead atoms. The predicted octanol–water partition coefficient (Wildman–Crippen LogP) is 2.08. The van der Waals surface area contributed by atoms with E-state index in [1.807, 2.05) is 27.7 Å². The van der Waals surface area contributed by atoms with Crippen molar-refractivity contribution < 1.29 is 12.6 Å². The van der Waals surface area contributed by atoms with Crippen molar-refractivity contribution in [3.8, 4) is 0 Å². The molecule has 154 valence electrons. The monoisotopic (exact) mass is 407 g/mol. The summed E-state index contributed by atoms with van der Waals surface area (Å²) in [5.74, 6) is 1.68. The van der Waals surface area contributed by atoms with Crippen LogP contribution in [0.15, 0.2) is 4.99 Å². The van der Waals surface area contributed by atoms with Gasteiger partial charge in [0.15, 0.2) is 5.96 Å². The minimum absolute atomic E-state index is 0.176. The van der Waals surface area contributed by atoms with Gasteiger partial charge in [0.2, 0.25) is 0 Å². The summed E-state index contributed by atoms with van der Waals surface area (Å²) in [5.41, 5.74) is -0.176. The van der Waals surface area contributed by atoms with Crippen LogP contribution in [0.5, 0.6) is 0 Å². The van der Waals surface area contributed by atoms with Crippen LogP contribution in [0.2, 0.25) is 0 Å². The summed E-state index contributed by atoms with van der Waals surface area (Å²) in [7, 11) is -3.69. The normalized spacial score (nSPS) is 23.5. The molecule has 0 spiro atoms. The number of rotatable bonds is 9. The van der Waals surface area contributed by atoms with Crippen LogP contribution >= 0.6 is 0 Å². The van der Waals surface area contributed by atoms with Crippen molar-refractivity contribution in [1.29, 1.82) is 0 Å². The molecule has 3 atom stereocenters. The van der Waals surface area contributed by atoms with Gasteiger partial charge in [-0.1, -0.05) is 27.2 Å². The summed E-state index contributed by atoms with van der Waals surface area (Å²) in [6, 6.07) is 0.293.